The Morgan fingerprint density at radius 2 is 2.12 bits per heavy atom. The molecule has 1 N–H and O–H groups in total. The maximum atomic E-state index is 6.12. The van der Waals surface area contributed by atoms with Crippen LogP contribution in [0.15, 0.2) is 6.07 Å². The summed E-state index contributed by atoms with van der Waals surface area (Å²) in [5.74, 6) is 1.28. The lowest BCUT2D eigenvalue weighted by Gasteiger charge is -2.08. The maximum absolute atomic E-state index is 6.12. The number of hydrogen-bond acceptors (Lipinski definition) is 5. The summed E-state index contributed by atoms with van der Waals surface area (Å²) in [6, 6.07) is 1.71. The van der Waals surface area contributed by atoms with E-state index in [1.165, 1.54) is 11.3 Å². The second-order valence-electron chi connectivity index (χ2n) is 3.04. The first-order valence-electron chi connectivity index (χ1n) is 4.60. The van der Waals surface area contributed by atoms with Crippen LogP contribution in [0.4, 0.5) is 5.13 Å². The number of anilines is 1. The third-order valence-electron chi connectivity index (χ3n) is 2.18. The SMILES string of the molecule is CNc1nc2c(Cl)cc(OC)c(OC)c2s1. The van der Waals surface area contributed by atoms with E-state index in [4.69, 9.17) is 21.1 Å². The summed E-state index contributed by atoms with van der Waals surface area (Å²) >= 11 is 7.60. The van der Waals surface area contributed by atoms with Gasteiger partial charge in [0.05, 0.1) is 19.2 Å². The number of ether oxygens (including phenoxy) is 2. The van der Waals surface area contributed by atoms with E-state index >= 15 is 0 Å². The molecule has 1 aromatic heterocycles. The van der Waals surface area contributed by atoms with Crippen molar-refractivity contribution in [2.45, 2.75) is 0 Å². The van der Waals surface area contributed by atoms with Gasteiger partial charge in [-0.2, -0.15) is 0 Å². The number of nitrogens with one attached hydrogen (secondary N) is 1. The molecule has 6 heteroatoms. The van der Waals surface area contributed by atoms with Crippen molar-refractivity contribution in [3.63, 3.8) is 0 Å². The van der Waals surface area contributed by atoms with Gasteiger partial charge in [-0.3, -0.25) is 0 Å². The Balaban J connectivity index is 2.78. The van der Waals surface area contributed by atoms with E-state index < -0.39 is 0 Å². The predicted octanol–water partition coefficient (Wildman–Crippen LogP) is 3.01. The summed E-state index contributed by atoms with van der Waals surface area (Å²) in [4.78, 5) is 4.35. The van der Waals surface area contributed by atoms with Crippen molar-refractivity contribution in [3.05, 3.63) is 11.1 Å². The third kappa shape index (κ3) is 1.66. The first-order chi connectivity index (χ1) is 7.71. The third-order valence-corrected chi connectivity index (χ3v) is 3.54. The predicted molar refractivity (Wildman–Crippen MR) is 67.3 cm³/mol. The summed E-state index contributed by atoms with van der Waals surface area (Å²) in [7, 11) is 5.00. The van der Waals surface area contributed by atoms with Crippen LogP contribution in [0.5, 0.6) is 11.5 Å². The average Bonchev–Trinajstić information content (AvgIpc) is 2.73. The Morgan fingerprint density at radius 1 is 1.38 bits per heavy atom. The first kappa shape index (κ1) is 11.3. The number of benzene rings is 1. The van der Waals surface area contributed by atoms with Gasteiger partial charge in [-0.25, -0.2) is 4.98 Å². The highest BCUT2D eigenvalue weighted by atomic mass is 35.5. The first-order valence-corrected chi connectivity index (χ1v) is 5.79. The van der Waals surface area contributed by atoms with Crippen molar-refractivity contribution in [1.29, 1.82) is 0 Å². The smallest absolute Gasteiger partial charge is 0.183 e. The molecule has 0 fully saturated rings. The molecule has 86 valence electrons. The van der Waals surface area contributed by atoms with Gasteiger partial charge in [0.2, 0.25) is 0 Å². The molecule has 0 aliphatic rings. The fourth-order valence-electron chi connectivity index (χ4n) is 1.45. The zero-order chi connectivity index (χ0) is 11.7. The Morgan fingerprint density at radius 3 is 2.69 bits per heavy atom. The van der Waals surface area contributed by atoms with E-state index in [9.17, 15) is 0 Å². The number of aromatic nitrogens is 1. The van der Waals surface area contributed by atoms with Crippen LogP contribution >= 0.6 is 22.9 Å². The fraction of sp³-hybridized carbons (Fsp3) is 0.300. The Labute approximate surface area is 102 Å². The largest absolute Gasteiger partial charge is 0.493 e. The Bertz CT molecular complexity index is 527. The van der Waals surface area contributed by atoms with E-state index in [0.717, 1.165) is 15.3 Å². The second-order valence-corrected chi connectivity index (χ2v) is 4.45. The lowest BCUT2D eigenvalue weighted by Crippen LogP contribution is -1.90. The fourth-order valence-corrected chi connectivity index (χ4v) is 2.70. The van der Waals surface area contributed by atoms with E-state index in [0.29, 0.717) is 16.5 Å². The van der Waals surface area contributed by atoms with Crippen molar-refractivity contribution in [1.82, 2.24) is 4.98 Å². The summed E-state index contributed by atoms with van der Waals surface area (Å²) in [6.45, 7) is 0. The van der Waals surface area contributed by atoms with Gasteiger partial charge >= 0.3 is 0 Å². The van der Waals surface area contributed by atoms with Crippen LogP contribution in [-0.4, -0.2) is 26.3 Å². The molecule has 0 bridgehead atoms. The maximum Gasteiger partial charge on any atom is 0.183 e. The van der Waals surface area contributed by atoms with Gasteiger partial charge in [-0.1, -0.05) is 22.9 Å². The van der Waals surface area contributed by atoms with Gasteiger partial charge in [-0.15, -0.1) is 0 Å². The molecule has 16 heavy (non-hydrogen) atoms. The van der Waals surface area contributed by atoms with Crippen LogP contribution in [0.25, 0.3) is 10.2 Å². The van der Waals surface area contributed by atoms with Crippen LogP contribution < -0.4 is 14.8 Å². The van der Waals surface area contributed by atoms with Crippen molar-refractivity contribution >= 4 is 38.3 Å². The minimum absolute atomic E-state index is 0.561. The highest BCUT2D eigenvalue weighted by molar-refractivity contribution is 7.22. The molecule has 0 aliphatic heterocycles. The quantitative estimate of drug-likeness (QED) is 0.919. The normalized spacial score (nSPS) is 10.5. The Kier molecular flexibility index (Phi) is 3.07. The molecule has 2 aromatic rings. The molecule has 0 saturated heterocycles. The van der Waals surface area contributed by atoms with Gasteiger partial charge in [0.15, 0.2) is 16.6 Å². The molecular formula is C10H11ClN2O2S. The number of halogens is 1. The van der Waals surface area contributed by atoms with Crippen LogP contribution in [0.2, 0.25) is 5.02 Å². The number of fused-ring (bicyclic) bond motifs is 1. The van der Waals surface area contributed by atoms with Crippen LogP contribution in [0, 0.1) is 0 Å². The molecule has 0 spiro atoms. The summed E-state index contributed by atoms with van der Waals surface area (Å²) in [6.07, 6.45) is 0. The number of nitrogens with zero attached hydrogens (tertiary/aromatic N) is 1. The van der Waals surface area contributed by atoms with Gasteiger partial charge in [0.25, 0.3) is 0 Å². The van der Waals surface area contributed by atoms with Gasteiger partial charge in [-0.05, 0) is 0 Å². The number of hydrogen-bond donors (Lipinski definition) is 1. The summed E-state index contributed by atoms with van der Waals surface area (Å²) in [5.41, 5.74) is 0.730. The minimum Gasteiger partial charge on any atom is -0.493 e. The molecule has 0 radical (unpaired) electrons. The summed E-state index contributed by atoms with van der Waals surface area (Å²) < 4.78 is 11.4. The van der Waals surface area contributed by atoms with Crippen molar-refractivity contribution in [2.24, 2.45) is 0 Å². The van der Waals surface area contributed by atoms with Gasteiger partial charge in [0.1, 0.15) is 10.2 Å². The van der Waals surface area contributed by atoms with E-state index in [1.54, 1.807) is 20.3 Å². The van der Waals surface area contributed by atoms with Gasteiger partial charge < -0.3 is 14.8 Å². The molecule has 0 saturated carbocycles. The van der Waals surface area contributed by atoms with Crippen LogP contribution in [0.3, 0.4) is 0 Å². The molecule has 0 aliphatic carbocycles. The number of rotatable bonds is 3. The van der Waals surface area contributed by atoms with Crippen molar-refractivity contribution in [3.8, 4) is 11.5 Å². The number of thiazole rings is 1. The molecule has 0 unspecified atom stereocenters. The average molecular weight is 259 g/mol. The van der Waals surface area contributed by atoms with Gasteiger partial charge in [0, 0.05) is 13.1 Å². The topological polar surface area (TPSA) is 43.4 Å². The van der Waals surface area contributed by atoms with Crippen molar-refractivity contribution in [2.75, 3.05) is 26.6 Å². The molecule has 1 aromatic carbocycles. The van der Waals surface area contributed by atoms with Crippen LogP contribution in [0.1, 0.15) is 0 Å². The monoisotopic (exact) mass is 258 g/mol. The van der Waals surface area contributed by atoms with E-state index in [1.807, 2.05) is 7.05 Å². The van der Waals surface area contributed by atoms with Crippen molar-refractivity contribution < 1.29 is 9.47 Å². The van der Waals surface area contributed by atoms with E-state index in [-0.39, 0.29) is 0 Å². The van der Waals surface area contributed by atoms with Crippen LogP contribution in [-0.2, 0) is 0 Å². The molecule has 0 amide bonds. The molecule has 1 heterocycles. The lowest BCUT2D eigenvalue weighted by molar-refractivity contribution is 0.359. The zero-order valence-corrected chi connectivity index (χ0v) is 10.7. The number of methoxy groups -OCH3 is 2. The molecule has 2 rings (SSSR count). The zero-order valence-electron chi connectivity index (χ0n) is 9.13. The summed E-state index contributed by atoms with van der Waals surface area (Å²) in [5, 5.41) is 4.34. The molecule has 4 nitrogen and oxygen atoms in total. The molecule has 0 atom stereocenters. The lowest BCUT2D eigenvalue weighted by atomic mass is 10.3. The standard InChI is InChI=1S/C10H11ClN2O2S/c1-12-10-13-7-5(11)4-6(14-2)8(15-3)9(7)16-10/h4H,1-3H3,(H,12,13). The highest BCUT2D eigenvalue weighted by Crippen LogP contribution is 2.43. The minimum atomic E-state index is 0.561. The Hall–Kier alpha value is -1.20. The van der Waals surface area contributed by atoms with E-state index in [2.05, 4.69) is 10.3 Å². The highest BCUT2D eigenvalue weighted by Gasteiger charge is 2.16. The molecular weight excluding hydrogens is 248 g/mol. The second kappa shape index (κ2) is 4.35.